The van der Waals surface area contributed by atoms with Crippen LogP contribution in [0.2, 0.25) is 0 Å². The van der Waals surface area contributed by atoms with Gasteiger partial charge in [0, 0.05) is 18.9 Å². The van der Waals surface area contributed by atoms with Crippen molar-refractivity contribution in [3.05, 3.63) is 11.8 Å². The molecule has 9 heteroatoms. The lowest BCUT2D eigenvalue weighted by Crippen LogP contribution is -2.57. The van der Waals surface area contributed by atoms with Crippen LogP contribution < -0.4 is 10.5 Å². The second-order valence-electron chi connectivity index (χ2n) is 8.24. The van der Waals surface area contributed by atoms with E-state index in [1.165, 1.54) is 12.8 Å². The molecule has 1 aliphatic heterocycles. The minimum atomic E-state index is -1.03. The number of rotatable bonds is 12. The summed E-state index contributed by atoms with van der Waals surface area (Å²) in [6.45, 7) is 7.96. The highest BCUT2D eigenvalue weighted by atomic mass is 32.1. The third-order valence-corrected chi connectivity index (χ3v) is 6.34. The standard InChI is InChI=1S/C21H37N4O4S/c1-5-7-8-9-13-28-20-19(23-30-24-20)16-11-10-12-25(4,14-16)15(3)29-21(27)18(22)17(26)6-2/h11,15,17-18,26H,5-10,12-14,22H2,1-4H3/q+1/t15-,17+,18-,25?/m0/s1. The predicted octanol–water partition coefficient (Wildman–Crippen LogP) is 2.72. The zero-order valence-corrected chi connectivity index (χ0v) is 19.5. The Morgan fingerprint density at radius 1 is 1.33 bits per heavy atom. The predicted molar refractivity (Wildman–Crippen MR) is 118 cm³/mol. The van der Waals surface area contributed by atoms with Crippen LogP contribution in [0.4, 0.5) is 0 Å². The van der Waals surface area contributed by atoms with Crippen LogP contribution in [0, 0.1) is 0 Å². The molecule has 0 amide bonds. The SMILES string of the molecule is CCCCCCOc1nsnc1C1=CCC[N+](C)([C@H](C)OC(=O)[C@@H](N)[C@H](O)CC)C1. The minimum absolute atomic E-state index is 0.402. The Morgan fingerprint density at radius 3 is 2.80 bits per heavy atom. The summed E-state index contributed by atoms with van der Waals surface area (Å²) in [5.41, 5.74) is 7.66. The molecular formula is C21H37N4O4S+. The molecule has 1 unspecified atom stereocenters. The number of carbonyl (C=O) groups excluding carboxylic acids is 1. The molecule has 0 aromatic carbocycles. The number of aromatic nitrogens is 2. The van der Waals surface area contributed by atoms with Gasteiger partial charge in [-0.3, -0.25) is 9.28 Å². The Morgan fingerprint density at radius 2 is 2.10 bits per heavy atom. The minimum Gasteiger partial charge on any atom is -0.475 e. The number of carbonyl (C=O) groups is 1. The van der Waals surface area contributed by atoms with Gasteiger partial charge < -0.3 is 20.3 Å². The van der Waals surface area contributed by atoms with Crippen LogP contribution in [0.5, 0.6) is 5.88 Å². The lowest BCUT2D eigenvalue weighted by Gasteiger charge is -2.41. The average molecular weight is 442 g/mol. The van der Waals surface area contributed by atoms with Crippen molar-refractivity contribution in [2.45, 2.75) is 77.7 Å². The summed E-state index contributed by atoms with van der Waals surface area (Å²) in [7, 11) is 2.05. The molecule has 4 atom stereocenters. The number of quaternary nitrogens is 1. The van der Waals surface area contributed by atoms with E-state index in [1.54, 1.807) is 6.92 Å². The number of ether oxygens (including phenoxy) is 2. The van der Waals surface area contributed by atoms with Crippen molar-refractivity contribution in [1.29, 1.82) is 0 Å². The zero-order chi connectivity index (χ0) is 22.1. The highest BCUT2D eigenvalue weighted by molar-refractivity contribution is 6.99. The molecule has 1 aliphatic rings. The van der Waals surface area contributed by atoms with Crippen molar-refractivity contribution < 1.29 is 23.9 Å². The lowest BCUT2D eigenvalue weighted by molar-refractivity contribution is -0.944. The first-order valence-corrected chi connectivity index (χ1v) is 11.7. The maximum absolute atomic E-state index is 12.3. The maximum atomic E-state index is 12.3. The van der Waals surface area contributed by atoms with E-state index in [-0.39, 0.29) is 0 Å². The van der Waals surface area contributed by atoms with Gasteiger partial charge >= 0.3 is 5.97 Å². The number of hydrogen-bond acceptors (Lipinski definition) is 8. The molecule has 3 N–H and O–H groups in total. The second kappa shape index (κ2) is 11.7. The molecule has 0 saturated carbocycles. The lowest BCUT2D eigenvalue weighted by atomic mass is 10.0. The van der Waals surface area contributed by atoms with Gasteiger partial charge in [-0.1, -0.05) is 39.2 Å². The summed E-state index contributed by atoms with van der Waals surface area (Å²) in [4.78, 5) is 12.3. The molecule has 0 saturated heterocycles. The van der Waals surface area contributed by atoms with Crippen molar-refractivity contribution in [3.8, 4) is 5.88 Å². The van der Waals surface area contributed by atoms with E-state index in [0.717, 1.165) is 48.8 Å². The summed E-state index contributed by atoms with van der Waals surface area (Å²) < 4.78 is 20.8. The van der Waals surface area contributed by atoms with E-state index in [2.05, 4.69) is 28.8 Å². The highest BCUT2D eigenvalue weighted by Gasteiger charge is 2.38. The van der Waals surface area contributed by atoms with Gasteiger partial charge in [-0.05, 0) is 12.8 Å². The van der Waals surface area contributed by atoms with Gasteiger partial charge in [0.1, 0.15) is 18.3 Å². The summed E-state index contributed by atoms with van der Waals surface area (Å²) in [6, 6.07) is -1.03. The van der Waals surface area contributed by atoms with E-state index in [9.17, 15) is 9.90 Å². The quantitative estimate of drug-likeness (QED) is 0.292. The van der Waals surface area contributed by atoms with Crippen molar-refractivity contribution in [1.82, 2.24) is 8.75 Å². The van der Waals surface area contributed by atoms with Crippen molar-refractivity contribution >= 4 is 23.3 Å². The van der Waals surface area contributed by atoms with E-state index < -0.39 is 24.3 Å². The summed E-state index contributed by atoms with van der Waals surface area (Å²) in [6.07, 6.45) is 6.67. The number of likely N-dealkylation sites (N-methyl/N-ethyl adjacent to an activating group) is 1. The maximum Gasteiger partial charge on any atom is 0.330 e. The Labute approximate surface area is 184 Å². The number of nitrogens with two attached hydrogens (primary N) is 1. The molecule has 1 aromatic rings. The van der Waals surface area contributed by atoms with Crippen molar-refractivity contribution in [2.75, 3.05) is 26.7 Å². The first kappa shape index (κ1) is 24.7. The van der Waals surface area contributed by atoms with Crippen LogP contribution in [0.15, 0.2) is 6.08 Å². The Hall–Kier alpha value is -1.55. The zero-order valence-electron chi connectivity index (χ0n) is 18.7. The van der Waals surface area contributed by atoms with Gasteiger partial charge in [0.2, 0.25) is 6.23 Å². The topological polar surface area (TPSA) is 108 Å². The van der Waals surface area contributed by atoms with E-state index >= 15 is 0 Å². The summed E-state index contributed by atoms with van der Waals surface area (Å²) in [5, 5.41) is 9.83. The monoisotopic (exact) mass is 441 g/mol. The van der Waals surface area contributed by atoms with E-state index in [1.807, 2.05) is 6.92 Å². The van der Waals surface area contributed by atoms with Gasteiger partial charge in [-0.25, -0.2) is 0 Å². The molecule has 0 fully saturated rings. The smallest absolute Gasteiger partial charge is 0.330 e. The largest absolute Gasteiger partial charge is 0.475 e. The number of nitrogens with zero attached hydrogens (tertiary/aromatic N) is 3. The molecular weight excluding hydrogens is 404 g/mol. The fraction of sp³-hybridized carbons (Fsp3) is 0.762. The molecule has 0 radical (unpaired) electrons. The number of esters is 1. The van der Waals surface area contributed by atoms with Crippen LogP contribution in [0.25, 0.3) is 5.57 Å². The van der Waals surface area contributed by atoms with Gasteiger partial charge in [0.25, 0.3) is 5.88 Å². The molecule has 1 aromatic heterocycles. The van der Waals surface area contributed by atoms with Gasteiger partial charge in [0.15, 0.2) is 0 Å². The van der Waals surface area contributed by atoms with Gasteiger partial charge in [-0.2, -0.15) is 4.37 Å². The fourth-order valence-corrected chi connectivity index (χ4v) is 4.03. The highest BCUT2D eigenvalue weighted by Crippen LogP contribution is 2.31. The molecule has 0 spiro atoms. The molecule has 30 heavy (non-hydrogen) atoms. The third kappa shape index (κ3) is 6.47. The molecule has 8 nitrogen and oxygen atoms in total. The van der Waals surface area contributed by atoms with Crippen molar-refractivity contribution in [3.63, 3.8) is 0 Å². The Balaban J connectivity index is 2.00. The van der Waals surface area contributed by atoms with Crippen LogP contribution in [0.3, 0.4) is 0 Å². The molecule has 170 valence electrons. The number of aliphatic hydroxyl groups excluding tert-OH is 1. The number of hydrogen-bond donors (Lipinski definition) is 2. The van der Waals surface area contributed by atoms with E-state index in [4.69, 9.17) is 15.2 Å². The molecule has 2 heterocycles. The molecule has 0 aliphatic carbocycles. The van der Waals surface area contributed by atoms with Gasteiger partial charge in [-0.15, -0.1) is 4.37 Å². The van der Waals surface area contributed by atoms with Crippen LogP contribution in [-0.4, -0.2) is 69.4 Å². The molecule has 0 bridgehead atoms. The summed E-state index contributed by atoms with van der Waals surface area (Å²) >= 11 is 1.15. The number of aliphatic hydroxyl groups is 1. The van der Waals surface area contributed by atoms with Crippen LogP contribution >= 0.6 is 11.7 Å². The number of unbranched alkanes of at least 4 members (excludes halogenated alkanes) is 3. The fourth-order valence-electron chi connectivity index (χ4n) is 3.50. The van der Waals surface area contributed by atoms with E-state index in [0.29, 0.717) is 29.9 Å². The normalized spacial score (nSPS) is 22.1. The third-order valence-electron chi connectivity index (χ3n) is 5.83. The Bertz CT molecular complexity index is 711. The Kier molecular flexibility index (Phi) is 9.67. The summed E-state index contributed by atoms with van der Waals surface area (Å²) in [5.74, 6) is 0.0210. The first-order valence-electron chi connectivity index (χ1n) is 11.0. The molecule has 2 rings (SSSR count). The van der Waals surface area contributed by atoms with Gasteiger partial charge in [0.05, 0.1) is 38.0 Å². The first-order chi connectivity index (χ1) is 14.3. The van der Waals surface area contributed by atoms with Crippen LogP contribution in [-0.2, 0) is 9.53 Å². The van der Waals surface area contributed by atoms with Crippen LogP contribution in [0.1, 0.15) is 65.0 Å². The second-order valence-corrected chi connectivity index (χ2v) is 8.77. The van der Waals surface area contributed by atoms with Crippen molar-refractivity contribution in [2.24, 2.45) is 5.73 Å². The average Bonchev–Trinajstić information content (AvgIpc) is 3.21.